The van der Waals surface area contributed by atoms with Gasteiger partial charge in [-0.25, -0.2) is 12.7 Å². The minimum Gasteiger partial charge on any atom is -0.312 e. The second-order valence-electron chi connectivity index (χ2n) is 7.20. The van der Waals surface area contributed by atoms with Crippen LogP contribution in [-0.2, 0) is 10.0 Å². The summed E-state index contributed by atoms with van der Waals surface area (Å²) in [4.78, 5) is 0. The van der Waals surface area contributed by atoms with Crippen molar-refractivity contribution in [1.82, 2.24) is 9.62 Å². The van der Waals surface area contributed by atoms with Crippen LogP contribution in [-0.4, -0.2) is 43.6 Å². The summed E-state index contributed by atoms with van der Waals surface area (Å²) < 4.78 is 26.1. The Balaban J connectivity index is 1.75. The van der Waals surface area contributed by atoms with E-state index in [0.717, 1.165) is 32.2 Å². The minimum absolute atomic E-state index is 0.148. The molecule has 0 spiro atoms. The fraction of sp³-hybridized carbons (Fsp3) is 1.00. The van der Waals surface area contributed by atoms with Gasteiger partial charge in [0.15, 0.2) is 0 Å². The van der Waals surface area contributed by atoms with Crippen molar-refractivity contribution in [2.75, 3.05) is 25.4 Å². The number of hydrogen-bond donors (Lipinski definition) is 1. The van der Waals surface area contributed by atoms with E-state index in [9.17, 15) is 8.42 Å². The molecular weight excluding hydrogens is 260 g/mol. The molecule has 0 aromatic heterocycles. The van der Waals surface area contributed by atoms with E-state index < -0.39 is 10.0 Å². The van der Waals surface area contributed by atoms with Crippen LogP contribution in [0.4, 0.5) is 0 Å². The molecule has 5 heteroatoms. The normalized spacial score (nSPS) is 23.7. The molecule has 2 aliphatic rings. The Labute approximate surface area is 118 Å². The monoisotopic (exact) mass is 288 g/mol. The van der Waals surface area contributed by atoms with Gasteiger partial charge < -0.3 is 5.32 Å². The maximum absolute atomic E-state index is 12.2. The van der Waals surface area contributed by atoms with Crippen LogP contribution in [0.5, 0.6) is 0 Å². The third kappa shape index (κ3) is 5.04. The predicted octanol–water partition coefficient (Wildman–Crippen LogP) is 1.83. The fourth-order valence-corrected chi connectivity index (χ4v) is 4.44. The number of nitrogens with one attached hydrogen (secondary N) is 1. The molecular formula is C14H28N2O2S. The molecule has 1 saturated carbocycles. The summed E-state index contributed by atoms with van der Waals surface area (Å²) in [5.74, 6) is 1.45. The van der Waals surface area contributed by atoms with Gasteiger partial charge in [0.1, 0.15) is 0 Å². The molecule has 4 nitrogen and oxygen atoms in total. The third-order valence-electron chi connectivity index (χ3n) is 4.03. The highest BCUT2D eigenvalue weighted by molar-refractivity contribution is 7.89. The van der Waals surface area contributed by atoms with Gasteiger partial charge in [0, 0.05) is 18.6 Å². The van der Waals surface area contributed by atoms with Crippen LogP contribution in [0.15, 0.2) is 0 Å². The quantitative estimate of drug-likeness (QED) is 0.839. The molecule has 1 saturated heterocycles. The lowest BCUT2D eigenvalue weighted by Crippen LogP contribution is -2.44. The topological polar surface area (TPSA) is 49.4 Å². The molecule has 0 atom stereocenters. The van der Waals surface area contributed by atoms with Crippen LogP contribution in [0.3, 0.4) is 0 Å². The van der Waals surface area contributed by atoms with Gasteiger partial charge in [-0.15, -0.1) is 0 Å². The number of sulfonamides is 1. The Bertz CT molecular complexity index is 388. The molecule has 0 bridgehead atoms. The Kier molecular flexibility index (Phi) is 4.58. The largest absolute Gasteiger partial charge is 0.312 e. The van der Waals surface area contributed by atoms with Gasteiger partial charge in [0.05, 0.1) is 5.75 Å². The van der Waals surface area contributed by atoms with Gasteiger partial charge in [0.25, 0.3) is 0 Å². The second kappa shape index (κ2) is 5.70. The first-order chi connectivity index (χ1) is 8.76. The molecule has 0 unspecified atom stereocenters. The summed E-state index contributed by atoms with van der Waals surface area (Å²) in [6.45, 7) is 8.93. The fourth-order valence-electron chi connectivity index (χ4n) is 2.53. The molecule has 0 amide bonds. The highest BCUT2D eigenvalue weighted by Gasteiger charge is 2.33. The van der Waals surface area contributed by atoms with Crippen molar-refractivity contribution in [2.45, 2.75) is 52.0 Å². The van der Waals surface area contributed by atoms with Crippen LogP contribution in [0.1, 0.15) is 46.5 Å². The van der Waals surface area contributed by atoms with Gasteiger partial charge in [0.2, 0.25) is 10.0 Å². The molecule has 19 heavy (non-hydrogen) atoms. The highest BCUT2D eigenvalue weighted by atomic mass is 32.2. The zero-order valence-corrected chi connectivity index (χ0v) is 13.3. The van der Waals surface area contributed by atoms with E-state index in [2.05, 4.69) is 26.1 Å². The molecule has 0 radical (unpaired) electrons. The van der Waals surface area contributed by atoms with Crippen molar-refractivity contribution < 1.29 is 8.42 Å². The number of piperidine rings is 1. The van der Waals surface area contributed by atoms with Crippen LogP contribution in [0, 0.1) is 11.8 Å². The molecule has 1 N–H and O–H groups in total. The zero-order chi connectivity index (χ0) is 14.1. The van der Waals surface area contributed by atoms with Gasteiger partial charge in [-0.1, -0.05) is 0 Å². The van der Waals surface area contributed by atoms with Gasteiger partial charge in [-0.2, -0.15) is 0 Å². The van der Waals surface area contributed by atoms with Crippen LogP contribution < -0.4 is 5.32 Å². The number of nitrogens with zero attached hydrogens (tertiary/aromatic N) is 1. The minimum atomic E-state index is -2.97. The molecule has 0 aromatic carbocycles. The molecule has 0 aromatic rings. The van der Waals surface area contributed by atoms with Crippen molar-refractivity contribution in [3.05, 3.63) is 0 Å². The average molecular weight is 288 g/mol. The first-order valence-electron chi connectivity index (χ1n) is 7.49. The maximum Gasteiger partial charge on any atom is 0.214 e. The van der Waals surface area contributed by atoms with Crippen LogP contribution in [0.2, 0.25) is 0 Å². The molecule has 1 heterocycles. The molecule has 1 aliphatic carbocycles. The van der Waals surface area contributed by atoms with Crippen molar-refractivity contribution in [3.8, 4) is 0 Å². The Morgan fingerprint density at radius 1 is 1.05 bits per heavy atom. The second-order valence-corrected chi connectivity index (χ2v) is 9.21. The highest BCUT2D eigenvalue weighted by Crippen LogP contribution is 2.32. The zero-order valence-electron chi connectivity index (χ0n) is 12.5. The summed E-state index contributed by atoms with van der Waals surface area (Å²) in [6.07, 6.45) is 4.19. The molecule has 2 fully saturated rings. The first-order valence-corrected chi connectivity index (χ1v) is 9.10. The summed E-state index contributed by atoms with van der Waals surface area (Å²) in [5, 5.41) is 3.52. The van der Waals surface area contributed by atoms with E-state index in [-0.39, 0.29) is 5.54 Å². The van der Waals surface area contributed by atoms with Crippen molar-refractivity contribution in [1.29, 1.82) is 0 Å². The maximum atomic E-state index is 12.2. The van der Waals surface area contributed by atoms with Gasteiger partial charge >= 0.3 is 0 Å². The summed E-state index contributed by atoms with van der Waals surface area (Å²) in [5.41, 5.74) is 0.148. The third-order valence-corrected chi connectivity index (χ3v) is 6.08. The number of rotatable bonds is 5. The first kappa shape index (κ1) is 15.3. The lowest BCUT2D eigenvalue weighted by molar-refractivity contribution is 0.251. The van der Waals surface area contributed by atoms with E-state index in [1.165, 1.54) is 0 Å². The standard InChI is InChI=1S/C14H28N2O2S/c1-14(2,3)15-10-12-6-8-16(9-7-12)19(17,18)11-13-4-5-13/h12-13,15H,4-11H2,1-3H3. The van der Waals surface area contributed by atoms with E-state index in [1.54, 1.807) is 4.31 Å². The van der Waals surface area contributed by atoms with Gasteiger partial charge in [-0.05, 0) is 64.8 Å². The molecule has 2 rings (SSSR count). The Hall–Kier alpha value is -0.130. The van der Waals surface area contributed by atoms with Crippen LogP contribution in [0.25, 0.3) is 0 Å². The SMILES string of the molecule is CC(C)(C)NCC1CCN(S(=O)(=O)CC2CC2)CC1. The van der Waals surface area contributed by atoms with Crippen molar-refractivity contribution in [3.63, 3.8) is 0 Å². The lowest BCUT2D eigenvalue weighted by atomic mass is 9.97. The van der Waals surface area contributed by atoms with Crippen LogP contribution >= 0.6 is 0 Å². The summed E-state index contributed by atoms with van der Waals surface area (Å²) in [6, 6.07) is 0. The van der Waals surface area contributed by atoms with E-state index >= 15 is 0 Å². The average Bonchev–Trinajstić information content (AvgIpc) is 3.09. The van der Waals surface area contributed by atoms with E-state index in [0.29, 0.717) is 30.7 Å². The predicted molar refractivity (Wildman–Crippen MR) is 78.6 cm³/mol. The molecule has 112 valence electrons. The van der Waals surface area contributed by atoms with Gasteiger partial charge in [-0.3, -0.25) is 0 Å². The lowest BCUT2D eigenvalue weighted by Gasteiger charge is -2.33. The summed E-state index contributed by atoms with van der Waals surface area (Å²) >= 11 is 0. The number of hydrogen-bond acceptors (Lipinski definition) is 3. The Morgan fingerprint density at radius 2 is 1.63 bits per heavy atom. The van der Waals surface area contributed by atoms with Crippen molar-refractivity contribution >= 4 is 10.0 Å². The molecule has 1 aliphatic heterocycles. The smallest absolute Gasteiger partial charge is 0.214 e. The van der Waals surface area contributed by atoms with Crippen molar-refractivity contribution in [2.24, 2.45) is 11.8 Å². The summed E-state index contributed by atoms with van der Waals surface area (Å²) in [7, 11) is -2.97. The van der Waals surface area contributed by atoms with E-state index in [4.69, 9.17) is 0 Å². The van der Waals surface area contributed by atoms with E-state index in [1.807, 2.05) is 0 Å². The Morgan fingerprint density at radius 3 is 2.11 bits per heavy atom.